The summed E-state index contributed by atoms with van der Waals surface area (Å²) in [6.45, 7) is 2.02. The van der Waals surface area contributed by atoms with Crippen molar-refractivity contribution < 1.29 is 24.2 Å². The van der Waals surface area contributed by atoms with Gasteiger partial charge in [0.25, 0.3) is 0 Å². The highest BCUT2D eigenvalue weighted by atomic mass is 32.1. The van der Waals surface area contributed by atoms with Crippen LogP contribution in [0.25, 0.3) is 0 Å². The van der Waals surface area contributed by atoms with Gasteiger partial charge in [-0.15, -0.1) is 11.3 Å². The Balaban J connectivity index is 1.64. The normalized spacial score (nSPS) is 27.9. The molecular weight excluding hydrogens is 378 g/mol. The van der Waals surface area contributed by atoms with Gasteiger partial charge in [-0.2, -0.15) is 0 Å². The van der Waals surface area contributed by atoms with Gasteiger partial charge in [0.2, 0.25) is 5.91 Å². The fourth-order valence-corrected chi connectivity index (χ4v) is 6.23. The summed E-state index contributed by atoms with van der Waals surface area (Å²) in [4.78, 5) is 38.4. The lowest BCUT2D eigenvalue weighted by molar-refractivity contribution is -0.313. The van der Waals surface area contributed by atoms with E-state index in [9.17, 15) is 19.5 Å². The summed E-state index contributed by atoms with van der Waals surface area (Å²) in [5.74, 6) is -3.62. The van der Waals surface area contributed by atoms with E-state index >= 15 is 0 Å². The lowest BCUT2D eigenvalue weighted by Crippen LogP contribution is -2.42. The van der Waals surface area contributed by atoms with Crippen molar-refractivity contribution in [2.45, 2.75) is 45.4 Å². The van der Waals surface area contributed by atoms with Crippen molar-refractivity contribution >= 4 is 34.2 Å². The first kappa shape index (κ1) is 19.2. The zero-order valence-corrected chi connectivity index (χ0v) is 16.7. The van der Waals surface area contributed by atoms with Crippen molar-refractivity contribution in [2.75, 3.05) is 11.9 Å². The predicted molar refractivity (Wildman–Crippen MR) is 103 cm³/mol. The summed E-state index contributed by atoms with van der Waals surface area (Å²) in [5.41, 5.74) is 1.45. The minimum Gasteiger partial charge on any atom is -0.550 e. The predicted octanol–water partition coefficient (Wildman–Crippen LogP) is 2.32. The van der Waals surface area contributed by atoms with Crippen LogP contribution in [0.1, 0.15) is 53.4 Å². The Labute approximate surface area is 168 Å². The zero-order valence-electron chi connectivity index (χ0n) is 15.9. The molecule has 4 rings (SSSR count). The second-order valence-corrected chi connectivity index (χ2v) is 8.90. The zero-order chi connectivity index (χ0) is 19.8. The van der Waals surface area contributed by atoms with E-state index < -0.39 is 23.8 Å². The molecular formula is C21H24NO5S-. The summed E-state index contributed by atoms with van der Waals surface area (Å²) in [5, 5.41) is 15.0. The van der Waals surface area contributed by atoms with E-state index in [-0.39, 0.29) is 24.3 Å². The average Bonchev–Trinajstić information content (AvgIpc) is 3.31. The third-order valence-corrected chi connectivity index (χ3v) is 7.38. The molecule has 0 aromatic carbocycles. The fraction of sp³-hybridized carbons (Fsp3) is 0.571. The summed E-state index contributed by atoms with van der Waals surface area (Å²) >= 11 is 1.43. The molecule has 4 atom stereocenters. The van der Waals surface area contributed by atoms with Crippen LogP contribution < -0.4 is 10.4 Å². The largest absolute Gasteiger partial charge is 0.550 e. The molecule has 1 saturated carbocycles. The maximum absolute atomic E-state index is 13.1. The third-order valence-electron chi connectivity index (χ3n) is 6.17. The van der Waals surface area contributed by atoms with Crippen molar-refractivity contribution in [3.63, 3.8) is 0 Å². The number of fused-ring (bicyclic) bond motifs is 3. The second kappa shape index (κ2) is 7.70. The molecule has 1 fully saturated rings. The molecule has 1 heterocycles. The van der Waals surface area contributed by atoms with Crippen molar-refractivity contribution in [3.05, 3.63) is 28.2 Å². The average molecular weight is 402 g/mol. The van der Waals surface area contributed by atoms with Crippen molar-refractivity contribution in [2.24, 2.45) is 23.7 Å². The van der Waals surface area contributed by atoms with Gasteiger partial charge in [-0.3, -0.25) is 4.79 Å². The maximum Gasteiger partial charge on any atom is 0.341 e. The Hall–Kier alpha value is -2.15. The quantitative estimate of drug-likeness (QED) is 0.463. The number of thiophene rings is 1. The van der Waals surface area contributed by atoms with Crippen LogP contribution >= 0.6 is 11.3 Å². The van der Waals surface area contributed by atoms with Crippen LogP contribution in [0.2, 0.25) is 0 Å². The van der Waals surface area contributed by atoms with Crippen molar-refractivity contribution in [1.29, 1.82) is 0 Å². The van der Waals surface area contributed by atoms with E-state index in [1.54, 1.807) is 6.92 Å². The molecule has 150 valence electrons. The topological polar surface area (TPSA) is 95.5 Å². The van der Waals surface area contributed by atoms with Crippen molar-refractivity contribution in [3.8, 4) is 0 Å². The molecule has 28 heavy (non-hydrogen) atoms. The van der Waals surface area contributed by atoms with E-state index in [1.807, 2.05) is 12.2 Å². The smallest absolute Gasteiger partial charge is 0.341 e. The number of rotatable bonds is 5. The number of hydrogen-bond acceptors (Lipinski definition) is 6. The number of aliphatic carboxylic acids is 1. The summed E-state index contributed by atoms with van der Waals surface area (Å²) in [6.07, 6.45) is 9.37. The number of allylic oxidation sites excluding steroid dienone is 2. The highest BCUT2D eigenvalue weighted by Crippen LogP contribution is 2.48. The number of carbonyl (C=O) groups excluding carboxylic acids is 3. The Morgan fingerprint density at radius 3 is 2.57 bits per heavy atom. The maximum atomic E-state index is 13.1. The van der Waals surface area contributed by atoms with Gasteiger partial charge in [0.1, 0.15) is 5.00 Å². The number of esters is 1. The highest BCUT2D eigenvalue weighted by Gasteiger charge is 2.49. The van der Waals surface area contributed by atoms with Crippen molar-refractivity contribution in [1.82, 2.24) is 0 Å². The Morgan fingerprint density at radius 2 is 1.86 bits per heavy atom. The molecule has 3 aliphatic carbocycles. The number of carbonyl (C=O) groups is 3. The minimum absolute atomic E-state index is 0.0864. The Bertz CT molecular complexity index is 842. The summed E-state index contributed by atoms with van der Waals surface area (Å²) < 4.78 is 5.25. The molecule has 0 spiro atoms. The van der Waals surface area contributed by atoms with Gasteiger partial charge in [0, 0.05) is 16.8 Å². The van der Waals surface area contributed by atoms with Crippen LogP contribution in [0.3, 0.4) is 0 Å². The lowest BCUT2D eigenvalue weighted by atomic mass is 9.82. The monoisotopic (exact) mass is 402 g/mol. The molecule has 1 N–H and O–H groups in total. The number of carboxylic acid groups (broad SMARTS) is 1. The van der Waals surface area contributed by atoms with Crippen LogP contribution in [0, 0.1) is 23.7 Å². The number of aryl methyl sites for hydroxylation is 1. The summed E-state index contributed by atoms with van der Waals surface area (Å²) in [7, 11) is 0. The Kier molecular flexibility index (Phi) is 5.27. The van der Waals surface area contributed by atoms with Gasteiger partial charge >= 0.3 is 5.97 Å². The lowest BCUT2D eigenvalue weighted by Gasteiger charge is -2.27. The first-order valence-corrected chi connectivity index (χ1v) is 10.8. The fourth-order valence-electron chi connectivity index (χ4n) is 4.95. The molecule has 2 bridgehead atoms. The van der Waals surface area contributed by atoms with E-state index in [1.165, 1.54) is 11.3 Å². The van der Waals surface area contributed by atoms with Crippen LogP contribution in [0.5, 0.6) is 0 Å². The molecule has 1 aromatic heterocycles. The van der Waals surface area contributed by atoms with E-state index in [0.29, 0.717) is 17.0 Å². The number of hydrogen-bond donors (Lipinski definition) is 1. The van der Waals surface area contributed by atoms with Crippen LogP contribution in [-0.2, 0) is 27.2 Å². The van der Waals surface area contributed by atoms with Gasteiger partial charge in [0.05, 0.1) is 18.1 Å². The first-order valence-electron chi connectivity index (χ1n) is 10.0. The summed E-state index contributed by atoms with van der Waals surface area (Å²) in [6, 6.07) is 0. The van der Waals surface area contributed by atoms with Gasteiger partial charge < -0.3 is 20.0 Å². The molecule has 0 radical (unpaired) electrons. The standard InChI is InChI=1S/C21H25NO5S/c1-2-27-21(26)17-13-6-4-3-5-7-14(13)28-19(17)22-18(23)15-11-8-9-12(10-11)16(15)20(24)25/h8-9,11-12,15-16H,2-7,10H2,1H3,(H,22,23)(H,24,25)/p-1/t11-,12+,15-,16+/m1/s1. The third kappa shape index (κ3) is 3.26. The highest BCUT2D eigenvalue weighted by molar-refractivity contribution is 7.17. The number of nitrogens with one attached hydrogen (secondary N) is 1. The number of anilines is 1. The SMILES string of the molecule is CCOC(=O)c1c(NC(=O)[C@H]2[C@@H](C(=O)[O-])[C@H]3C=C[C@@H]2C3)sc2c1CCCCC2. The molecule has 6 nitrogen and oxygen atoms in total. The Morgan fingerprint density at radius 1 is 1.14 bits per heavy atom. The number of ether oxygens (including phenoxy) is 1. The van der Waals surface area contributed by atoms with E-state index in [0.717, 1.165) is 42.5 Å². The van der Waals surface area contributed by atoms with Gasteiger partial charge in [-0.05, 0) is 56.4 Å². The molecule has 0 unspecified atom stereocenters. The van der Waals surface area contributed by atoms with Crippen LogP contribution in [0.15, 0.2) is 12.2 Å². The number of carboxylic acids is 1. The molecule has 3 aliphatic rings. The molecule has 0 saturated heterocycles. The van der Waals surface area contributed by atoms with Crippen LogP contribution in [-0.4, -0.2) is 24.5 Å². The number of amides is 1. The van der Waals surface area contributed by atoms with Gasteiger partial charge in [-0.1, -0.05) is 18.6 Å². The van der Waals surface area contributed by atoms with E-state index in [4.69, 9.17) is 4.74 Å². The molecule has 7 heteroatoms. The molecule has 1 aromatic rings. The minimum atomic E-state index is -1.18. The molecule has 1 amide bonds. The second-order valence-electron chi connectivity index (χ2n) is 7.80. The molecule has 0 aliphatic heterocycles. The van der Waals surface area contributed by atoms with Gasteiger partial charge in [0.15, 0.2) is 0 Å². The van der Waals surface area contributed by atoms with E-state index in [2.05, 4.69) is 5.32 Å². The first-order chi connectivity index (χ1) is 13.5. The van der Waals surface area contributed by atoms with Crippen LogP contribution in [0.4, 0.5) is 5.00 Å². The van der Waals surface area contributed by atoms with Gasteiger partial charge in [-0.25, -0.2) is 4.79 Å².